The fourth-order valence-corrected chi connectivity index (χ4v) is 4.28. The quantitative estimate of drug-likeness (QED) is 0.350. The molecule has 2 N–H and O–H groups in total. The Hall–Kier alpha value is -2.01. The third-order valence-corrected chi connectivity index (χ3v) is 6.32. The molecule has 1 aromatic heterocycles. The molecule has 0 unspecified atom stereocenters. The van der Waals surface area contributed by atoms with Gasteiger partial charge < -0.3 is 5.32 Å². The summed E-state index contributed by atoms with van der Waals surface area (Å²) in [6.07, 6.45) is 0. The summed E-state index contributed by atoms with van der Waals surface area (Å²) >= 11 is 11.7. The molecule has 0 saturated carbocycles. The zero-order chi connectivity index (χ0) is 20.8. The van der Waals surface area contributed by atoms with Crippen LogP contribution in [0.5, 0.6) is 0 Å². The van der Waals surface area contributed by atoms with Crippen LogP contribution >= 0.6 is 50.6 Å². The van der Waals surface area contributed by atoms with Gasteiger partial charge in [0, 0.05) is 11.0 Å². The van der Waals surface area contributed by atoms with Gasteiger partial charge in [0.1, 0.15) is 5.82 Å². The van der Waals surface area contributed by atoms with Crippen LogP contribution in [0.4, 0.5) is 9.52 Å². The van der Waals surface area contributed by atoms with Crippen molar-refractivity contribution in [2.45, 2.75) is 10.9 Å². The van der Waals surface area contributed by atoms with E-state index in [2.05, 4.69) is 36.8 Å². The first-order valence-corrected chi connectivity index (χ1v) is 11.1. The van der Waals surface area contributed by atoms with Gasteiger partial charge in [-0.3, -0.25) is 14.9 Å². The second kappa shape index (κ2) is 10.1. The van der Waals surface area contributed by atoms with Crippen molar-refractivity contribution >= 4 is 67.6 Å². The van der Waals surface area contributed by atoms with E-state index in [-0.39, 0.29) is 17.5 Å². The van der Waals surface area contributed by atoms with E-state index in [1.807, 2.05) is 0 Å². The van der Waals surface area contributed by atoms with Gasteiger partial charge in [-0.1, -0.05) is 62.8 Å². The normalized spacial score (nSPS) is 10.6. The lowest BCUT2D eigenvalue weighted by Crippen LogP contribution is -2.24. The maximum atomic E-state index is 12.9. The molecule has 11 heteroatoms. The minimum absolute atomic E-state index is 0.140. The summed E-state index contributed by atoms with van der Waals surface area (Å²) < 4.78 is 14.1. The summed E-state index contributed by atoms with van der Waals surface area (Å²) in [6.45, 7) is 0.310. The molecule has 29 heavy (non-hydrogen) atoms. The maximum absolute atomic E-state index is 12.9. The van der Waals surface area contributed by atoms with Crippen molar-refractivity contribution in [3.05, 3.63) is 68.9 Å². The Morgan fingerprint density at radius 2 is 1.93 bits per heavy atom. The zero-order valence-corrected chi connectivity index (χ0v) is 18.6. The number of nitrogens with one attached hydrogen (secondary N) is 2. The molecule has 0 saturated heterocycles. The molecule has 0 aliphatic heterocycles. The van der Waals surface area contributed by atoms with E-state index in [1.54, 1.807) is 30.3 Å². The molecule has 3 aromatic rings. The number of halogens is 3. The number of benzene rings is 2. The van der Waals surface area contributed by atoms with Crippen LogP contribution in [0, 0.1) is 5.82 Å². The van der Waals surface area contributed by atoms with Crippen LogP contribution in [-0.2, 0) is 11.3 Å². The molecule has 1 heterocycles. The largest absolute Gasteiger partial charge is 0.351 e. The molecule has 0 fully saturated rings. The summed E-state index contributed by atoms with van der Waals surface area (Å²) in [4.78, 5) is 24.3. The van der Waals surface area contributed by atoms with E-state index < -0.39 is 5.91 Å². The van der Waals surface area contributed by atoms with Crippen molar-refractivity contribution in [1.29, 1.82) is 0 Å². The van der Waals surface area contributed by atoms with E-state index in [0.717, 1.165) is 21.4 Å². The average molecular weight is 516 g/mol. The fraction of sp³-hybridized carbons (Fsp3) is 0.111. The van der Waals surface area contributed by atoms with Crippen LogP contribution in [0.25, 0.3) is 0 Å². The average Bonchev–Trinajstić information content (AvgIpc) is 3.15. The standard InChI is InChI=1S/C18H13BrClFN4O2S2/c19-11-3-6-14(20)13(7-11)16(27)23-17-24-25-18(29-17)28-9-15(26)22-8-10-1-4-12(21)5-2-10/h1-7H,8-9H2,(H,22,26)(H,23,24,27). The smallest absolute Gasteiger partial charge is 0.259 e. The number of carbonyl (C=O) groups excluding carboxylic acids is 2. The molecular formula is C18H13BrClFN4O2S2. The van der Waals surface area contributed by atoms with E-state index in [0.29, 0.717) is 26.6 Å². The van der Waals surface area contributed by atoms with Crippen LogP contribution in [-0.4, -0.2) is 27.8 Å². The summed E-state index contributed by atoms with van der Waals surface area (Å²) in [5.74, 6) is -0.777. The van der Waals surface area contributed by atoms with Crippen LogP contribution in [0.3, 0.4) is 0 Å². The van der Waals surface area contributed by atoms with Gasteiger partial charge >= 0.3 is 0 Å². The molecule has 0 atom stereocenters. The molecule has 2 amide bonds. The summed E-state index contributed by atoms with van der Waals surface area (Å²) in [5.41, 5.74) is 1.11. The third kappa shape index (κ3) is 6.49. The highest BCUT2D eigenvalue weighted by atomic mass is 79.9. The Labute approximate surface area is 187 Å². The van der Waals surface area contributed by atoms with Crippen molar-refractivity contribution in [2.75, 3.05) is 11.1 Å². The first kappa shape index (κ1) is 21.7. The van der Waals surface area contributed by atoms with Crippen molar-refractivity contribution in [3.8, 4) is 0 Å². The summed E-state index contributed by atoms with van der Waals surface area (Å²) in [5, 5.41) is 13.9. The molecule has 3 rings (SSSR count). The van der Waals surface area contributed by atoms with Crippen molar-refractivity contribution < 1.29 is 14.0 Å². The monoisotopic (exact) mass is 514 g/mol. The van der Waals surface area contributed by atoms with Gasteiger partial charge in [-0.25, -0.2) is 4.39 Å². The summed E-state index contributed by atoms with van der Waals surface area (Å²) in [6, 6.07) is 10.9. The Morgan fingerprint density at radius 1 is 1.17 bits per heavy atom. The predicted octanol–water partition coefficient (Wildman–Crippen LogP) is 4.75. The van der Waals surface area contributed by atoms with E-state index in [9.17, 15) is 14.0 Å². The molecule has 0 radical (unpaired) electrons. The molecule has 6 nitrogen and oxygen atoms in total. The number of hydrogen-bond acceptors (Lipinski definition) is 6. The molecular weight excluding hydrogens is 503 g/mol. The number of amides is 2. The summed E-state index contributed by atoms with van der Waals surface area (Å²) in [7, 11) is 0. The molecule has 150 valence electrons. The first-order valence-electron chi connectivity index (χ1n) is 8.14. The first-order chi connectivity index (χ1) is 13.9. The lowest BCUT2D eigenvalue weighted by Gasteiger charge is -2.04. The van der Waals surface area contributed by atoms with Gasteiger partial charge in [-0.2, -0.15) is 0 Å². The van der Waals surface area contributed by atoms with Crippen LogP contribution in [0.15, 0.2) is 51.3 Å². The molecule has 0 aliphatic rings. The SMILES string of the molecule is O=C(CSc1nnc(NC(=O)c2cc(Br)ccc2Cl)s1)NCc1ccc(F)cc1. The van der Waals surface area contributed by atoms with Crippen LogP contribution in [0.2, 0.25) is 5.02 Å². The highest BCUT2D eigenvalue weighted by molar-refractivity contribution is 9.10. The van der Waals surface area contributed by atoms with Gasteiger partial charge in [0.05, 0.1) is 16.3 Å². The zero-order valence-electron chi connectivity index (χ0n) is 14.6. The van der Waals surface area contributed by atoms with E-state index in [1.165, 1.54) is 23.9 Å². The van der Waals surface area contributed by atoms with Crippen LogP contribution in [0.1, 0.15) is 15.9 Å². The lowest BCUT2D eigenvalue weighted by atomic mass is 10.2. The van der Waals surface area contributed by atoms with Crippen LogP contribution < -0.4 is 10.6 Å². The number of thioether (sulfide) groups is 1. The van der Waals surface area contributed by atoms with E-state index >= 15 is 0 Å². The number of aromatic nitrogens is 2. The predicted molar refractivity (Wildman–Crippen MR) is 116 cm³/mol. The number of nitrogens with zero attached hydrogens (tertiary/aromatic N) is 2. The maximum Gasteiger partial charge on any atom is 0.259 e. The minimum atomic E-state index is -0.402. The molecule has 0 aliphatic carbocycles. The van der Waals surface area contributed by atoms with E-state index in [4.69, 9.17) is 11.6 Å². The Kier molecular flexibility index (Phi) is 7.59. The van der Waals surface area contributed by atoms with Gasteiger partial charge in [-0.05, 0) is 35.9 Å². The topological polar surface area (TPSA) is 84.0 Å². The van der Waals surface area contributed by atoms with Gasteiger partial charge in [0.15, 0.2) is 4.34 Å². The highest BCUT2D eigenvalue weighted by Crippen LogP contribution is 2.27. The second-order valence-corrected chi connectivity index (χ2v) is 9.17. The Morgan fingerprint density at radius 3 is 2.69 bits per heavy atom. The van der Waals surface area contributed by atoms with Gasteiger partial charge in [0.25, 0.3) is 5.91 Å². The highest BCUT2D eigenvalue weighted by Gasteiger charge is 2.14. The van der Waals surface area contributed by atoms with Gasteiger partial charge in [0.2, 0.25) is 11.0 Å². The Balaban J connectivity index is 1.48. The molecule has 2 aromatic carbocycles. The number of carbonyl (C=O) groups is 2. The second-order valence-electron chi connectivity index (χ2n) is 5.64. The molecule has 0 bridgehead atoms. The molecule has 0 spiro atoms. The van der Waals surface area contributed by atoms with Crippen molar-refractivity contribution in [1.82, 2.24) is 15.5 Å². The van der Waals surface area contributed by atoms with Crippen molar-refractivity contribution in [2.24, 2.45) is 0 Å². The number of rotatable bonds is 7. The number of anilines is 1. The third-order valence-electron chi connectivity index (χ3n) is 3.53. The fourth-order valence-electron chi connectivity index (χ4n) is 2.14. The van der Waals surface area contributed by atoms with Crippen molar-refractivity contribution in [3.63, 3.8) is 0 Å². The minimum Gasteiger partial charge on any atom is -0.351 e. The van der Waals surface area contributed by atoms with Gasteiger partial charge in [-0.15, -0.1) is 10.2 Å². The number of hydrogen-bond donors (Lipinski definition) is 2. The Bertz CT molecular complexity index is 1030. The lowest BCUT2D eigenvalue weighted by molar-refractivity contribution is -0.118.